The van der Waals surface area contributed by atoms with Gasteiger partial charge < -0.3 is 19.3 Å². The molecule has 7 nitrogen and oxygen atoms in total. The highest BCUT2D eigenvalue weighted by Gasteiger charge is 2.59. The molecule has 5 aliphatic rings. The topological polar surface area (TPSA) is 71.5 Å². The van der Waals surface area contributed by atoms with Crippen LogP contribution in [0.25, 0.3) is 0 Å². The highest BCUT2D eigenvalue weighted by Crippen LogP contribution is 2.56. The van der Waals surface area contributed by atoms with E-state index >= 15 is 0 Å². The number of ether oxygens (including phenoxy) is 3. The molecule has 34 heavy (non-hydrogen) atoms. The van der Waals surface area contributed by atoms with Crippen molar-refractivity contribution in [2.45, 2.75) is 51.9 Å². The number of esters is 1. The van der Waals surface area contributed by atoms with Crippen LogP contribution in [0.5, 0.6) is 11.5 Å². The maximum absolute atomic E-state index is 12.9. The average Bonchev–Trinajstić information content (AvgIpc) is 3.41. The van der Waals surface area contributed by atoms with E-state index in [-0.39, 0.29) is 29.3 Å². The maximum atomic E-state index is 12.9. The monoisotopic (exact) mass is 468 g/mol. The average molecular weight is 469 g/mol. The van der Waals surface area contributed by atoms with E-state index in [9.17, 15) is 9.90 Å². The van der Waals surface area contributed by atoms with Crippen LogP contribution in [0, 0.1) is 23.2 Å². The number of rotatable bonds is 4. The first kappa shape index (κ1) is 22.4. The largest absolute Gasteiger partial charge is 0.461 e. The molecule has 1 N–H and O–H groups in total. The first-order valence-electron chi connectivity index (χ1n) is 12.8. The summed E-state index contributed by atoms with van der Waals surface area (Å²) in [5.74, 6) is 1.59. The third-order valence-corrected chi connectivity index (χ3v) is 9.33. The molecular formula is C27H36N2O5. The van der Waals surface area contributed by atoms with Crippen molar-refractivity contribution in [1.82, 2.24) is 9.80 Å². The van der Waals surface area contributed by atoms with Gasteiger partial charge in [-0.3, -0.25) is 14.6 Å². The van der Waals surface area contributed by atoms with Gasteiger partial charge in [0, 0.05) is 57.0 Å². The molecule has 1 aromatic carbocycles. The quantitative estimate of drug-likeness (QED) is 0.538. The Morgan fingerprint density at radius 3 is 2.71 bits per heavy atom. The molecular weight excluding hydrogens is 432 g/mol. The second kappa shape index (κ2) is 8.54. The Labute approximate surface area is 201 Å². The number of aliphatic hydroxyl groups is 1. The number of benzene rings is 1. The first-order valence-corrected chi connectivity index (χ1v) is 12.8. The lowest BCUT2D eigenvalue weighted by Gasteiger charge is -2.52. The van der Waals surface area contributed by atoms with E-state index < -0.39 is 6.10 Å². The number of fused-ring (bicyclic) bond motifs is 3. The molecule has 3 heterocycles. The lowest BCUT2D eigenvalue weighted by atomic mass is 9.55. The Balaban J connectivity index is 1.09. The van der Waals surface area contributed by atoms with Crippen molar-refractivity contribution in [3.05, 3.63) is 35.4 Å². The number of carbonyl (C=O) groups is 1. The maximum Gasteiger partial charge on any atom is 0.311 e. The van der Waals surface area contributed by atoms with E-state index in [2.05, 4.69) is 41.9 Å². The van der Waals surface area contributed by atoms with E-state index in [0.717, 1.165) is 63.5 Å². The summed E-state index contributed by atoms with van der Waals surface area (Å²) in [5, 5.41) is 11.6. The molecule has 3 fully saturated rings. The number of piperazine rings is 1. The van der Waals surface area contributed by atoms with Crippen molar-refractivity contribution in [1.29, 1.82) is 0 Å². The fourth-order valence-corrected chi connectivity index (χ4v) is 6.98. The first-order chi connectivity index (χ1) is 16.4. The summed E-state index contributed by atoms with van der Waals surface area (Å²) in [4.78, 5) is 17.8. The number of nitrogens with zero attached hydrogens (tertiary/aromatic N) is 2. The van der Waals surface area contributed by atoms with Crippen LogP contribution in [0.4, 0.5) is 0 Å². The molecule has 0 radical (unpaired) electrons. The number of allylic oxidation sites excluding steroid dienone is 1. The van der Waals surface area contributed by atoms with Gasteiger partial charge in [0.05, 0.1) is 12.0 Å². The minimum absolute atomic E-state index is 0.109. The van der Waals surface area contributed by atoms with Gasteiger partial charge in [-0.1, -0.05) is 31.6 Å². The standard InChI is InChI=1S/C27H36N2O5/c1-17-4-3-5-19-13-23-24(25(30)27(17,19)2)20(26(31)34-23)15-29-10-8-28(9-11-29)14-18-6-7-21-22(12-18)33-16-32-21/h5-7,12,17,20,23-25,30H,3-4,8-11,13-16H2,1-2H3/t17-,20-,23-,24-,25-,27-/m1/s1. The molecule has 2 aliphatic carbocycles. The zero-order valence-electron chi connectivity index (χ0n) is 20.2. The molecule has 7 heteroatoms. The van der Waals surface area contributed by atoms with Crippen LogP contribution >= 0.6 is 0 Å². The van der Waals surface area contributed by atoms with Crippen molar-refractivity contribution in [3.8, 4) is 11.5 Å². The van der Waals surface area contributed by atoms with Crippen LogP contribution in [0.3, 0.4) is 0 Å². The Bertz CT molecular complexity index is 987. The van der Waals surface area contributed by atoms with Gasteiger partial charge in [-0.2, -0.15) is 0 Å². The molecule has 1 aromatic rings. The molecule has 0 aromatic heterocycles. The Hall–Kier alpha value is -2.09. The van der Waals surface area contributed by atoms with Crippen LogP contribution in [-0.4, -0.2) is 72.6 Å². The predicted molar refractivity (Wildman–Crippen MR) is 126 cm³/mol. The lowest BCUT2D eigenvalue weighted by Crippen LogP contribution is -2.55. The van der Waals surface area contributed by atoms with Crippen molar-refractivity contribution in [2.75, 3.05) is 39.5 Å². The van der Waals surface area contributed by atoms with Crippen LogP contribution < -0.4 is 9.47 Å². The fourth-order valence-electron chi connectivity index (χ4n) is 6.98. The van der Waals surface area contributed by atoms with E-state index in [0.29, 0.717) is 19.3 Å². The van der Waals surface area contributed by atoms with E-state index in [1.807, 2.05) is 6.07 Å². The molecule has 2 saturated heterocycles. The van der Waals surface area contributed by atoms with Gasteiger partial charge in [-0.05, 0) is 36.5 Å². The Morgan fingerprint density at radius 1 is 1.12 bits per heavy atom. The summed E-state index contributed by atoms with van der Waals surface area (Å²) >= 11 is 0. The predicted octanol–water partition coefficient (Wildman–Crippen LogP) is 2.82. The zero-order valence-corrected chi connectivity index (χ0v) is 20.2. The number of aliphatic hydroxyl groups excluding tert-OH is 1. The van der Waals surface area contributed by atoms with Crippen molar-refractivity contribution in [2.24, 2.45) is 23.2 Å². The summed E-state index contributed by atoms with van der Waals surface area (Å²) in [6, 6.07) is 6.16. The van der Waals surface area contributed by atoms with Crippen LogP contribution in [-0.2, 0) is 16.1 Å². The Kier molecular flexibility index (Phi) is 5.62. The molecule has 6 rings (SSSR count). The number of carbonyl (C=O) groups excluding carboxylic acids is 1. The third kappa shape index (κ3) is 3.64. The molecule has 0 unspecified atom stereocenters. The zero-order chi connectivity index (χ0) is 23.4. The van der Waals surface area contributed by atoms with Crippen molar-refractivity contribution in [3.63, 3.8) is 0 Å². The van der Waals surface area contributed by atoms with Gasteiger partial charge in [0.15, 0.2) is 11.5 Å². The molecule has 3 aliphatic heterocycles. The van der Waals surface area contributed by atoms with Gasteiger partial charge in [0.2, 0.25) is 6.79 Å². The summed E-state index contributed by atoms with van der Waals surface area (Å²) in [5.41, 5.74) is 2.28. The van der Waals surface area contributed by atoms with Crippen LogP contribution in [0.2, 0.25) is 0 Å². The molecule has 0 spiro atoms. The van der Waals surface area contributed by atoms with Gasteiger partial charge in [0.1, 0.15) is 6.10 Å². The van der Waals surface area contributed by atoms with Crippen LogP contribution in [0.1, 0.15) is 38.7 Å². The number of hydrogen-bond donors (Lipinski definition) is 1. The summed E-state index contributed by atoms with van der Waals surface area (Å²) in [6.07, 6.45) is 4.53. The second-order valence-corrected chi connectivity index (χ2v) is 11.1. The van der Waals surface area contributed by atoms with E-state index in [4.69, 9.17) is 14.2 Å². The van der Waals surface area contributed by atoms with Gasteiger partial charge in [0.25, 0.3) is 0 Å². The minimum atomic E-state index is -0.531. The van der Waals surface area contributed by atoms with E-state index in [1.54, 1.807) is 0 Å². The summed E-state index contributed by atoms with van der Waals surface area (Å²) < 4.78 is 16.8. The smallest absolute Gasteiger partial charge is 0.311 e. The second-order valence-electron chi connectivity index (χ2n) is 11.1. The molecule has 1 saturated carbocycles. The van der Waals surface area contributed by atoms with Gasteiger partial charge in [-0.15, -0.1) is 0 Å². The van der Waals surface area contributed by atoms with Gasteiger partial charge >= 0.3 is 5.97 Å². The van der Waals surface area contributed by atoms with Crippen molar-refractivity contribution < 1.29 is 24.1 Å². The van der Waals surface area contributed by atoms with Crippen molar-refractivity contribution >= 4 is 5.97 Å². The highest BCUT2D eigenvalue weighted by molar-refractivity contribution is 5.76. The SMILES string of the molecule is C[C@@H]1CCC=C2C[C@H]3OC(=O)[C@H](CN4CCN(Cc5ccc6c(c5)OCO6)CC4)[C@H]3[C@@H](O)[C@@]21C. The van der Waals surface area contributed by atoms with Crippen LogP contribution in [0.15, 0.2) is 29.8 Å². The van der Waals surface area contributed by atoms with Gasteiger partial charge in [-0.25, -0.2) is 0 Å². The molecule has 0 bridgehead atoms. The molecule has 184 valence electrons. The lowest BCUT2D eigenvalue weighted by molar-refractivity contribution is -0.145. The molecule has 6 atom stereocenters. The van der Waals surface area contributed by atoms with E-state index in [1.165, 1.54) is 11.1 Å². The normalized spacial score (nSPS) is 37.7. The third-order valence-electron chi connectivity index (χ3n) is 9.33. The minimum Gasteiger partial charge on any atom is -0.461 e. The Morgan fingerprint density at radius 2 is 1.88 bits per heavy atom. The molecule has 0 amide bonds. The number of hydrogen-bond acceptors (Lipinski definition) is 7. The summed E-state index contributed by atoms with van der Waals surface area (Å²) in [6.45, 7) is 10.1. The highest BCUT2D eigenvalue weighted by atomic mass is 16.7. The summed E-state index contributed by atoms with van der Waals surface area (Å²) in [7, 11) is 0. The fraction of sp³-hybridized carbons (Fsp3) is 0.667.